The van der Waals surface area contributed by atoms with E-state index in [-0.39, 0.29) is 12.0 Å². The molecule has 16 heavy (non-hydrogen) atoms. The first-order chi connectivity index (χ1) is 7.78. The van der Waals surface area contributed by atoms with Gasteiger partial charge in [-0.15, -0.1) is 0 Å². The number of piperidine rings is 1. The SMILES string of the molecule is Cc1ccccc1C1(CCO)CCNCC1. The summed E-state index contributed by atoms with van der Waals surface area (Å²) in [4.78, 5) is 0. The molecule has 0 atom stereocenters. The van der Waals surface area contributed by atoms with Crippen molar-refractivity contribution in [2.75, 3.05) is 19.7 Å². The average molecular weight is 219 g/mol. The van der Waals surface area contributed by atoms with Crippen molar-refractivity contribution in [3.63, 3.8) is 0 Å². The molecule has 1 aliphatic rings. The molecule has 2 rings (SSSR count). The van der Waals surface area contributed by atoms with Gasteiger partial charge in [-0.2, -0.15) is 0 Å². The van der Waals surface area contributed by atoms with Crippen molar-refractivity contribution in [1.29, 1.82) is 0 Å². The fourth-order valence-corrected chi connectivity index (χ4v) is 2.94. The van der Waals surface area contributed by atoms with Gasteiger partial charge in [-0.05, 0) is 50.4 Å². The number of hydrogen-bond acceptors (Lipinski definition) is 2. The molecule has 1 fully saturated rings. The first-order valence-electron chi connectivity index (χ1n) is 6.16. The van der Waals surface area contributed by atoms with Crippen LogP contribution < -0.4 is 5.32 Å². The zero-order valence-corrected chi connectivity index (χ0v) is 10.00. The minimum Gasteiger partial charge on any atom is -0.396 e. The molecule has 1 aromatic rings. The molecule has 1 aliphatic heterocycles. The highest BCUT2D eigenvalue weighted by Gasteiger charge is 2.33. The summed E-state index contributed by atoms with van der Waals surface area (Å²) in [5.41, 5.74) is 2.99. The van der Waals surface area contributed by atoms with Crippen LogP contribution in [0.5, 0.6) is 0 Å². The Kier molecular flexibility index (Phi) is 3.62. The fourth-order valence-electron chi connectivity index (χ4n) is 2.94. The minimum absolute atomic E-state index is 0.200. The minimum atomic E-state index is 0.200. The summed E-state index contributed by atoms with van der Waals surface area (Å²) in [6.45, 7) is 4.59. The molecular weight excluding hydrogens is 198 g/mol. The van der Waals surface area contributed by atoms with E-state index in [4.69, 9.17) is 0 Å². The van der Waals surface area contributed by atoms with Crippen LogP contribution in [0.15, 0.2) is 24.3 Å². The normalized spacial score (nSPS) is 19.6. The molecule has 0 saturated carbocycles. The molecule has 0 bridgehead atoms. The van der Waals surface area contributed by atoms with Crippen LogP contribution in [-0.2, 0) is 5.41 Å². The molecule has 0 unspecified atom stereocenters. The molecule has 0 aliphatic carbocycles. The van der Waals surface area contributed by atoms with Gasteiger partial charge in [-0.3, -0.25) is 0 Å². The standard InChI is InChI=1S/C14H21NO/c1-12-4-2-3-5-13(12)14(8-11-16)6-9-15-10-7-14/h2-5,15-16H,6-11H2,1H3. The molecule has 88 valence electrons. The van der Waals surface area contributed by atoms with Gasteiger partial charge in [-0.1, -0.05) is 24.3 Å². The summed E-state index contributed by atoms with van der Waals surface area (Å²) in [6.07, 6.45) is 3.16. The van der Waals surface area contributed by atoms with Crippen LogP contribution in [0.2, 0.25) is 0 Å². The molecule has 1 heterocycles. The van der Waals surface area contributed by atoms with Gasteiger partial charge in [0.05, 0.1) is 0 Å². The third-order valence-electron chi connectivity index (χ3n) is 3.87. The maximum atomic E-state index is 9.32. The van der Waals surface area contributed by atoms with E-state index in [0.717, 1.165) is 32.4 Å². The summed E-state index contributed by atoms with van der Waals surface area (Å²) in [5.74, 6) is 0. The van der Waals surface area contributed by atoms with Crippen molar-refractivity contribution >= 4 is 0 Å². The zero-order chi connectivity index (χ0) is 11.4. The van der Waals surface area contributed by atoms with Crippen LogP contribution >= 0.6 is 0 Å². The maximum Gasteiger partial charge on any atom is 0.0439 e. The number of aliphatic hydroxyl groups is 1. The number of rotatable bonds is 3. The van der Waals surface area contributed by atoms with Gasteiger partial charge < -0.3 is 10.4 Å². The average Bonchev–Trinajstić information content (AvgIpc) is 2.31. The highest BCUT2D eigenvalue weighted by Crippen LogP contribution is 2.38. The van der Waals surface area contributed by atoms with Crippen molar-refractivity contribution in [2.45, 2.75) is 31.6 Å². The second-order valence-electron chi connectivity index (χ2n) is 4.82. The first-order valence-corrected chi connectivity index (χ1v) is 6.16. The van der Waals surface area contributed by atoms with Crippen molar-refractivity contribution in [1.82, 2.24) is 5.32 Å². The van der Waals surface area contributed by atoms with E-state index < -0.39 is 0 Å². The highest BCUT2D eigenvalue weighted by molar-refractivity contribution is 5.34. The Balaban J connectivity index is 2.34. The Bertz CT molecular complexity index is 337. The third kappa shape index (κ3) is 2.13. The van der Waals surface area contributed by atoms with Crippen molar-refractivity contribution in [3.05, 3.63) is 35.4 Å². The van der Waals surface area contributed by atoms with Crippen molar-refractivity contribution in [2.24, 2.45) is 0 Å². The lowest BCUT2D eigenvalue weighted by atomic mass is 9.69. The predicted octanol–water partition coefficient (Wildman–Crippen LogP) is 2.00. The van der Waals surface area contributed by atoms with Crippen LogP contribution in [-0.4, -0.2) is 24.8 Å². The van der Waals surface area contributed by atoms with E-state index >= 15 is 0 Å². The zero-order valence-electron chi connectivity index (χ0n) is 10.00. The molecule has 1 aromatic carbocycles. The van der Waals surface area contributed by atoms with Gasteiger partial charge in [0.2, 0.25) is 0 Å². The second kappa shape index (κ2) is 4.98. The Labute approximate surface area is 97.7 Å². The summed E-state index contributed by atoms with van der Waals surface area (Å²) >= 11 is 0. The molecule has 2 heteroatoms. The van der Waals surface area contributed by atoms with Crippen LogP contribution in [0.25, 0.3) is 0 Å². The molecule has 0 spiro atoms. The number of hydrogen-bond donors (Lipinski definition) is 2. The quantitative estimate of drug-likeness (QED) is 0.815. The maximum absolute atomic E-state index is 9.32. The van der Waals surface area contributed by atoms with E-state index in [9.17, 15) is 5.11 Å². The lowest BCUT2D eigenvalue weighted by molar-refractivity contribution is 0.203. The predicted molar refractivity (Wildman–Crippen MR) is 66.7 cm³/mol. The number of aliphatic hydroxyl groups excluding tert-OH is 1. The summed E-state index contributed by atoms with van der Waals surface area (Å²) in [6, 6.07) is 8.61. The lowest BCUT2D eigenvalue weighted by Crippen LogP contribution is -2.41. The topological polar surface area (TPSA) is 32.3 Å². The summed E-state index contributed by atoms with van der Waals surface area (Å²) < 4.78 is 0. The smallest absolute Gasteiger partial charge is 0.0439 e. The highest BCUT2D eigenvalue weighted by atomic mass is 16.3. The second-order valence-corrected chi connectivity index (χ2v) is 4.82. The molecular formula is C14H21NO. The van der Waals surface area contributed by atoms with Crippen LogP contribution in [0, 0.1) is 6.92 Å². The largest absolute Gasteiger partial charge is 0.396 e. The Morgan fingerprint density at radius 2 is 1.94 bits per heavy atom. The number of aryl methyl sites for hydroxylation is 1. The van der Waals surface area contributed by atoms with Crippen molar-refractivity contribution in [3.8, 4) is 0 Å². The molecule has 0 aromatic heterocycles. The van der Waals surface area contributed by atoms with Crippen LogP contribution in [0.1, 0.15) is 30.4 Å². The van der Waals surface area contributed by atoms with E-state index in [0.29, 0.717) is 0 Å². The van der Waals surface area contributed by atoms with Gasteiger partial charge in [0.25, 0.3) is 0 Å². The van der Waals surface area contributed by atoms with Gasteiger partial charge in [0.1, 0.15) is 0 Å². The molecule has 0 amide bonds. The van der Waals surface area contributed by atoms with E-state index in [1.165, 1.54) is 11.1 Å². The number of benzene rings is 1. The van der Waals surface area contributed by atoms with Crippen molar-refractivity contribution < 1.29 is 5.11 Å². The lowest BCUT2D eigenvalue weighted by Gasteiger charge is -2.39. The van der Waals surface area contributed by atoms with Crippen LogP contribution in [0.3, 0.4) is 0 Å². The van der Waals surface area contributed by atoms with E-state index in [1.54, 1.807) is 0 Å². The first kappa shape index (κ1) is 11.6. The monoisotopic (exact) mass is 219 g/mol. The van der Waals surface area contributed by atoms with Crippen LogP contribution in [0.4, 0.5) is 0 Å². The fraction of sp³-hybridized carbons (Fsp3) is 0.571. The Hall–Kier alpha value is -0.860. The molecule has 2 N–H and O–H groups in total. The van der Waals surface area contributed by atoms with E-state index in [2.05, 4.69) is 36.5 Å². The summed E-state index contributed by atoms with van der Waals surface area (Å²) in [5, 5.41) is 12.7. The molecule has 1 saturated heterocycles. The number of nitrogens with one attached hydrogen (secondary N) is 1. The van der Waals surface area contributed by atoms with E-state index in [1.807, 2.05) is 0 Å². The third-order valence-corrected chi connectivity index (χ3v) is 3.87. The van der Waals surface area contributed by atoms with Gasteiger partial charge in [0, 0.05) is 12.0 Å². The Morgan fingerprint density at radius 3 is 2.56 bits per heavy atom. The Morgan fingerprint density at radius 1 is 1.25 bits per heavy atom. The molecule has 2 nitrogen and oxygen atoms in total. The molecule has 0 radical (unpaired) electrons. The summed E-state index contributed by atoms with van der Waals surface area (Å²) in [7, 11) is 0. The van der Waals surface area contributed by atoms with Gasteiger partial charge >= 0.3 is 0 Å². The van der Waals surface area contributed by atoms with Gasteiger partial charge in [0.15, 0.2) is 0 Å². The van der Waals surface area contributed by atoms with Gasteiger partial charge in [-0.25, -0.2) is 0 Å².